The summed E-state index contributed by atoms with van der Waals surface area (Å²) in [6.45, 7) is 0. The van der Waals surface area contributed by atoms with E-state index in [0.717, 1.165) is 0 Å². The lowest BCUT2D eigenvalue weighted by Crippen LogP contribution is -2.19. The Morgan fingerprint density at radius 3 is 2.30 bits per heavy atom. The molecule has 0 bridgehead atoms. The van der Waals surface area contributed by atoms with E-state index in [9.17, 15) is 9.59 Å². The summed E-state index contributed by atoms with van der Waals surface area (Å²) in [5.41, 5.74) is 0.576. The van der Waals surface area contributed by atoms with Gasteiger partial charge in [-0.2, -0.15) is 0 Å². The number of hydrogen-bond donors (Lipinski definition) is 1. The summed E-state index contributed by atoms with van der Waals surface area (Å²) < 4.78 is 5.02. The minimum atomic E-state index is -0.609. The van der Waals surface area contributed by atoms with Crippen LogP contribution >= 0.6 is 11.6 Å². The van der Waals surface area contributed by atoms with Crippen molar-refractivity contribution in [3.05, 3.63) is 59.6 Å². The molecule has 0 aliphatic carbocycles. The third-order valence-corrected chi connectivity index (χ3v) is 2.66. The number of para-hydroxylation sites is 1. The molecular formula is C15H12ClNO3. The smallest absolute Gasteiger partial charge is 0.320 e. The fraction of sp³-hybridized carbons (Fsp3) is 0.0667. The summed E-state index contributed by atoms with van der Waals surface area (Å²) >= 11 is 5.74. The fourth-order valence-corrected chi connectivity index (χ4v) is 1.65. The molecule has 0 aromatic heterocycles. The molecule has 0 aliphatic heterocycles. The largest absolute Gasteiger partial charge is 0.426 e. The normalized spacial score (nSPS) is 9.85. The molecule has 5 heteroatoms. The Labute approximate surface area is 121 Å². The average Bonchev–Trinajstić information content (AvgIpc) is 2.42. The third-order valence-electron chi connectivity index (χ3n) is 2.41. The lowest BCUT2D eigenvalue weighted by atomic mass is 10.3. The standard InChI is InChI=1S/C15H12ClNO3/c16-11-6-8-12(9-7-11)17-14(18)10-15(19)20-13-4-2-1-3-5-13/h1-9H,10H2,(H,17,18). The number of esters is 1. The number of hydrogen-bond acceptors (Lipinski definition) is 3. The van der Waals surface area contributed by atoms with E-state index in [1.165, 1.54) is 0 Å². The average molecular weight is 290 g/mol. The summed E-state index contributed by atoms with van der Waals surface area (Å²) in [7, 11) is 0. The van der Waals surface area contributed by atoms with Crippen molar-refractivity contribution in [2.75, 3.05) is 5.32 Å². The van der Waals surface area contributed by atoms with Crippen molar-refractivity contribution in [1.29, 1.82) is 0 Å². The number of nitrogens with one attached hydrogen (secondary N) is 1. The molecule has 0 radical (unpaired) electrons. The van der Waals surface area contributed by atoms with E-state index in [0.29, 0.717) is 16.5 Å². The van der Waals surface area contributed by atoms with Gasteiger partial charge in [-0.15, -0.1) is 0 Å². The molecule has 1 amide bonds. The van der Waals surface area contributed by atoms with E-state index in [1.54, 1.807) is 48.5 Å². The molecule has 4 nitrogen and oxygen atoms in total. The third kappa shape index (κ3) is 4.40. The van der Waals surface area contributed by atoms with Gasteiger partial charge in [-0.05, 0) is 36.4 Å². The molecule has 20 heavy (non-hydrogen) atoms. The van der Waals surface area contributed by atoms with Gasteiger partial charge in [0.15, 0.2) is 0 Å². The van der Waals surface area contributed by atoms with Crippen molar-refractivity contribution in [2.24, 2.45) is 0 Å². The summed E-state index contributed by atoms with van der Waals surface area (Å²) in [6.07, 6.45) is -0.350. The van der Waals surface area contributed by atoms with Crippen LogP contribution in [0.4, 0.5) is 5.69 Å². The quantitative estimate of drug-likeness (QED) is 0.534. The first-order chi connectivity index (χ1) is 9.63. The maximum absolute atomic E-state index is 11.7. The van der Waals surface area contributed by atoms with E-state index < -0.39 is 11.9 Å². The SMILES string of the molecule is O=C(CC(=O)Oc1ccccc1)Nc1ccc(Cl)cc1. The summed E-state index contributed by atoms with van der Waals surface area (Å²) in [5.74, 6) is -0.632. The molecule has 0 heterocycles. The minimum absolute atomic E-state index is 0.350. The zero-order chi connectivity index (χ0) is 14.4. The van der Waals surface area contributed by atoms with Gasteiger partial charge in [0.25, 0.3) is 0 Å². The highest BCUT2D eigenvalue weighted by atomic mass is 35.5. The van der Waals surface area contributed by atoms with Gasteiger partial charge in [0, 0.05) is 10.7 Å². The van der Waals surface area contributed by atoms with Gasteiger partial charge in [0.05, 0.1) is 0 Å². The number of ether oxygens (including phenoxy) is 1. The first kappa shape index (κ1) is 14.1. The van der Waals surface area contributed by atoms with Gasteiger partial charge in [0.1, 0.15) is 12.2 Å². The number of halogens is 1. The van der Waals surface area contributed by atoms with E-state index in [2.05, 4.69) is 5.32 Å². The van der Waals surface area contributed by atoms with Gasteiger partial charge < -0.3 is 10.1 Å². The van der Waals surface area contributed by atoms with Crippen LogP contribution in [0.15, 0.2) is 54.6 Å². The van der Waals surface area contributed by atoms with Crippen LogP contribution < -0.4 is 10.1 Å². The molecule has 2 aromatic carbocycles. The molecule has 1 N–H and O–H groups in total. The van der Waals surface area contributed by atoms with E-state index in [-0.39, 0.29) is 6.42 Å². The van der Waals surface area contributed by atoms with Crippen molar-refractivity contribution in [3.8, 4) is 5.75 Å². The second-order valence-corrected chi connectivity index (χ2v) is 4.46. The molecule has 2 rings (SSSR count). The maximum atomic E-state index is 11.7. The second-order valence-electron chi connectivity index (χ2n) is 4.02. The van der Waals surface area contributed by atoms with Gasteiger partial charge in [-0.25, -0.2) is 0 Å². The molecule has 0 saturated heterocycles. The molecular weight excluding hydrogens is 278 g/mol. The summed E-state index contributed by atoms with van der Waals surface area (Å²) in [5, 5.41) is 3.16. The van der Waals surface area contributed by atoms with Crippen molar-refractivity contribution in [2.45, 2.75) is 6.42 Å². The summed E-state index contributed by atoms with van der Waals surface area (Å²) in [6, 6.07) is 15.2. The van der Waals surface area contributed by atoms with Crippen molar-refractivity contribution in [3.63, 3.8) is 0 Å². The zero-order valence-corrected chi connectivity index (χ0v) is 11.3. The van der Waals surface area contributed by atoms with Crippen LogP contribution in [0.2, 0.25) is 5.02 Å². The number of carbonyl (C=O) groups is 2. The Kier molecular flexibility index (Phi) is 4.74. The van der Waals surface area contributed by atoms with Crippen LogP contribution in [0.5, 0.6) is 5.75 Å². The number of anilines is 1. The Hall–Kier alpha value is -2.33. The van der Waals surface area contributed by atoms with E-state index >= 15 is 0 Å². The Morgan fingerprint density at radius 1 is 1.00 bits per heavy atom. The molecule has 2 aromatic rings. The lowest BCUT2D eigenvalue weighted by Gasteiger charge is -2.06. The molecule has 0 saturated carbocycles. The van der Waals surface area contributed by atoms with Crippen LogP contribution in [0, 0.1) is 0 Å². The Bertz CT molecular complexity index is 596. The number of carbonyl (C=O) groups excluding carboxylic acids is 2. The lowest BCUT2D eigenvalue weighted by molar-refractivity contribution is -0.137. The topological polar surface area (TPSA) is 55.4 Å². The molecule has 0 aliphatic rings. The number of benzene rings is 2. The highest BCUT2D eigenvalue weighted by Gasteiger charge is 2.11. The summed E-state index contributed by atoms with van der Waals surface area (Å²) in [4.78, 5) is 23.2. The molecule has 102 valence electrons. The first-order valence-electron chi connectivity index (χ1n) is 5.94. The van der Waals surface area contributed by atoms with Crippen molar-refractivity contribution < 1.29 is 14.3 Å². The minimum Gasteiger partial charge on any atom is -0.426 e. The van der Waals surface area contributed by atoms with Crippen LogP contribution in [0.3, 0.4) is 0 Å². The maximum Gasteiger partial charge on any atom is 0.320 e. The molecule has 0 atom stereocenters. The zero-order valence-electron chi connectivity index (χ0n) is 10.5. The van der Waals surface area contributed by atoms with Crippen LogP contribution in [0.25, 0.3) is 0 Å². The Morgan fingerprint density at radius 2 is 1.65 bits per heavy atom. The number of amides is 1. The number of rotatable bonds is 4. The van der Waals surface area contributed by atoms with Crippen molar-refractivity contribution in [1.82, 2.24) is 0 Å². The molecule has 0 spiro atoms. The highest BCUT2D eigenvalue weighted by molar-refractivity contribution is 6.30. The second kappa shape index (κ2) is 6.73. The van der Waals surface area contributed by atoms with Crippen LogP contribution in [0.1, 0.15) is 6.42 Å². The van der Waals surface area contributed by atoms with E-state index in [1.807, 2.05) is 6.07 Å². The van der Waals surface area contributed by atoms with Gasteiger partial charge in [0.2, 0.25) is 5.91 Å². The van der Waals surface area contributed by atoms with E-state index in [4.69, 9.17) is 16.3 Å². The Balaban J connectivity index is 1.85. The predicted molar refractivity (Wildman–Crippen MR) is 76.8 cm³/mol. The van der Waals surface area contributed by atoms with Gasteiger partial charge in [-0.1, -0.05) is 29.8 Å². The van der Waals surface area contributed by atoms with Crippen LogP contribution in [-0.4, -0.2) is 11.9 Å². The molecule has 0 fully saturated rings. The monoisotopic (exact) mass is 289 g/mol. The highest BCUT2D eigenvalue weighted by Crippen LogP contribution is 2.14. The fourth-order valence-electron chi connectivity index (χ4n) is 1.53. The van der Waals surface area contributed by atoms with Gasteiger partial charge >= 0.3 is 5.97 Å². The van der Waals surface area contributed by atoms with Gasteiger partial charge in [-0.3, -0.25) is 9.59 Å². The molecule has 0 unspecified atom stereocenters. The van der Waals surface area contributed by atoms with Crippen molar-refractivity contribution >= 4 is 29.2 Å². The van der Waals surface area contributed by atoms with Crippen LogP contribution in [-0.2, 0) is 9.59 Å². The predicted octanol–water partition coefficient (Wildman–Crippen LogP) is 3.27. The first-order valence-corrected chi connectivity index (χ1v) is 6.32.